The largest absolute Gasteiger partial charge is 0.366 e. The minimum Gasteiger partial charge on any atom is -0.366 e. The molecule has 0 aliphatic heterocycles. The fourth-order valence-corrected chi connectivity index (χ4v) is 2.41. The van der Waals surface area contributed by atoms with E-state index in [9.17, 15) is 0 Å². The summed E-state index contributed by atoms with van der Waals surface area (Å²) in [6, 6.07) is 0. The molecule has 1 N–H and O–H groups in total. The molecule has 2 heterocycles. The molecule has 6 heteroatoms. The minimum absolute atomic E-state index is 0.796. The first-order valence-electron chi connectivity index (χ1n) is 5.23. The van der Waals surface area contributed by atoms with Crippen LogP contribution in [0.1, 0.15) is 0 Å². The Bertz CT molecular complexity index is 511. The van der Waals surface area contributed by atoms with Crippen LogP contribution in [0, 0.1) is 0 Å². The normalized spacial score (nSPS) is 10.6. The zero-order chi connectivity index (χ0) is 12.1. The van der Waals surface area contributed by atoms with Crippen LogP contribution in [0.3, 0.4) is 0 Å². The van der Waals surface area contributed by atoms with Crippen LogP contribution in [-0.4, -0.2) is 32.4 Å². The molecule has 0 aromatic carbocycles. The van der Waals surface area contributed by atoms with Gasteiger partial charge in [0.1, 0.15) is 4.60 Å². The van der Waals surface area contributed by atoms with Crippen molar-refractivity contribution >= 4 is 39.2 Å². The van der Waals surface area contributed by atoms with Gasteiger partial charge in [-0.05, 0) is 15.9 Å². The van der Waals surface area contributed by atoms with E-state index in [1.807, 2.05) is 34.6 Å². The quantitative estimate of drug-likeness (QED) is 0.658. The second-order valence-electron chi connectivity index (χ2n) is 3.36. The van der Waals surface area contributed by atoms with Crippen molar-refractivity contribution in [3.05, 3.63) is 35.8 Å². The lowest BCUT2D eigenvalue weighted by Gasteiger charge is -2.06. The number of hydrogen-bond donors (Lipinski definition) is 1. The van der Waals surface area contributed by atoms with Gasteiger partial charge in [-0.25, -0.2) is 9.97 Å². The Labute approximate surface area is 113 Å². The molecule has 0 radical (unpaired) electrons. The van der Waals surface area contributed by atoms with Gasteiger partial charge in [-0.15, -0.1) is 6.58 Å². The van der Waals surface area contributed by atoms with Crippen LogP contribution in [0.5, 0.6) is 0 Å². The Hall–Kier alpha value is -1.01. The van der Waals surface area contributed by atoms with Crippen LogP contribution in [0.25, 0.3) is 5.65 Å². The van der Waals surface area contributed by atoms with Crippen LogP contribution >= 0.6 is 27.7 Å². The lowest BCUT2D eigenvalue weighted by molar-refractivity contribution is 1.08. The summed E-state index contributed by atoms with van der Waals surface area (Å²) in [6.07, 6.45) is 7.47. The van der Waals surface area contributed by atoms with Crippen LogP contribution in [0.4, 0.5) is 5.82 Å². The highest BCUT2D eigenvalue weighted by Gasteiger charge is 2.05. The minimum atomic E-state index is 0.796. The van der Waals surface area contributed by atoms with Crippen molar-refractivity contribution in [3.63, 3.8) is 0 Å². The summed E-state index contributed by atoms with van der Waals surface area (Å²) >= 11 is 5.22. The van der Waals surface area contributed by atoms with Crippen molar-refractivity contribution in [2.75, 3.05) is 23.4 Å². The molecule has 17 heavy (non-hydrogen) atoms. The Morgan fingerprint density at radius 2 is 2.47 bits per heavy atom. The molecule has 0 amide bonds. The number of rotatable bonds is 6. The predicted octanol–water partition coefficient (Wildman–Crippen LogP) is 2.82. The standard InChI is InChI=1S/C11H13BrN4S/c1-2-6-17-7-4-13-10-11-14-3-5-16(11)8-9(12)15-10/h2-3,5,8H,1,4,6-7H2,(H,13,15). The van der Waals surface area contributed by atoms with Crippen molar-refractivity contribution in [2.24, 2.45) is 0 Å². The van der Waals surface area contributed by atoms with Gasteiger partial charge in [-0.2, -0.15) is 11.8 Å². The fourth-order valence-electron chi connectivity index (χ4n) is 1.43. The van der Waals surface area contributed by atoms with Crippen LogP contribution < -0.4 is 5.32 Å². The number of anilines is 1. The molecule has 0 aliphatic carbocycles. The summed E-state index contributed by atoms with van der Waals surface area (Å²) in [5, 5.41) is 3.29. The average Bonchev–Trinajstić information content (AvgIpc) is 2.76. The first-order valence-corrected chi connectivity index (χ1v) is 7.18. The third kappa shape index (κ3) is 3.23. The number of nitrogens with zero attached hydrogens (tertiary/aromatic N) is 3. The zero-order valence-electron chi connectivity index (χ0n) is 9.27. The Morgan fingerprint density at radius 1 is 1.59 bits per heavy atom. The number of imidazole rings is 1. The molecule has 2 aromatic heterocycles. The fraction of sp³-hybridized carbons (Fsp3) is 0.273. The van der Waals surface area contributed by atoms with Gasteiger partial charge in [-0.3, -0.25) is 0 Å². The third-order valence-corrected chi connectivity index (χ3v) is 3.47. The van der Waals surface area contributed by atoms with E-state index >= 15 is 0 Å². The van der Waals surface area contributed by atoms with E-state index in [1.54, 1.807) is 6.20 Å². The van der Waals surface area contributed by atoms with Gasteiger partial charge in [0.2, 0.25) is 0 Å². The SMILES string of the molecule is C=CCSCCNc1nc(Br)cn2ccnc12. The molecule has 2 rings (SSSR count). The molecular weight excluding hydrogens is 300 g/mol. The molecule has 0 saturated carbocycles. The summed E-state index contributed by atoms with van der Waals surface area (Å²) in [7, 11) is 0. The van der Waals surface area contributed by atoms with E-state index < -0.39 is 0 Å². The Kier molecular flexibility index (Phi) is 4.44. The monoisotopic (exact) mass is 312 g/mol. The number of nitrogens with one attached hydrogen (secondary N) is 1. The Balaban J connectivity index is 2.02. The number of halogens is 1. The summed E-state index contributed by atoms with van der Waals surface area (Å²) in [5.74, 6) is 2.81. The molecule has 90 valence electrons. The first-order chi connectivity index (χ1) is 8.31. The molecule has 0 spiro atoms. The summed E-state index contributed by atoms with van der Waals surface area (Å²) in [6.45, 7) is 4.55. The van der Waals surface area contributed by atoms with Crippen LogP contribution in [0.2, 0.25) is 0 Å². The van der Waals surface area contributed by atoms with Gasteiger partial charge >= 0.3 is 0 Å². The van der Waals surface area contributed by atoms with Crippen molar-refractivity contribution < 1.29 is 0 Å². The summed E-state index contributed by atoms with van der Waals surface area (Å²) in [4.78, 5) is 8.65. The lowest BCUT2D eigenvalue weighted by atomic mass is 10.5. The highest BCUT2D eigenvalue weighted by molar-refractivity contribution is 9.10. The predicted molar refractivity (Wildman–Crippen MR) is 76.7 cm³/mol. The van der Waals surface area contributed by atoms with Gasteiger partial charge < -0.3 is 9.72 Å². The topological polar surface area (TPSA) is 42.2 Å². The van der Waals surface area contributed by atoms with E-state index in [0.29, 0.717) is 0 Å². The van der Waals surface area contributed by atoms with E-state index in [1.165, 1.54) is 0 Å². The summed E-state index contributed by atoms with van der Waals surface area (Å²) < 4.78 is 2.74. The average molecular weight is 313 g/mol. The third-order valence-electron chi connectivity index (χ3n) is 2.12. The molecule has 0 atom stereocenters. The lowest BCUT2D eigenvalue weighted by Crippen LogP contribution is -2.08. The molecule has 0 unspecified atom stereocenters. The second-order valence-corrected chi connectivity index (χ2v) is 5.32. The molecule has 4 nitrogen and oxygen atoms in total. The van der Waals surface area contributed by atoms with Gasteiger partial charge in [0.15, 0.2) is 11.5 Å². The van der Waals surface area contributed by atoms with Gasteiger partial charge in [0, 0.05) is 36.6 Å². The van der Waals surface area contributed by atoms with Gasteiger partial charge in [0.05, 0.1) is 0 Å². The number of aromatic nitrogens is 3. The molecular formula is C11H13BrN4S. The van der Waals surface area contributed by atoms with Crippen molar-refractivity contribution in [3.8, 4) is 0 Å². The number of hydrogen-bond acceptors (Lipinski definition) is 4. The molecule has 0 bridgehead atoms. The van der Waals surface area contributed by atoms with E-state index in [2.05, 4.69) is 37.8 Å². The summed E-state index contributed by atoms with van der Waals surface area (Å²) in [5.41, 5.74) is 0.849. The van der Waals surface area contributed by atoms with Gasteiger partial charge in [0.25, 0.3) is 0 Å². The van der Waals surface area contributed by atoms with Crippen molar-refractivity contribution in [1.82, 2.24) is 14.4 Å². The van der Waals surface area contributed by atoms with Crippen molar-refractivity contribution in [2.45, 2.75) is 0 Å². The highest BCUT2D eigenvalue weighted by atomic mass is 79.9. The van der Waals surface area contributed by atoms with E-state index in [-0.39, 0.29) is 0 Å². The molecule has 2 aromatic rings. The zero-order valence-corrected chi connectivity index (χ0v) is 11.7. The maximum absolute atomic E-state index is 4.38. The van der Waals surface area contributed by atoms with E-state index in [4.69, 9.17) is 0 Å². The highest BCUT2D eigenvalue weighted by Crippen LogP contribution is 2.16. The molecule has 0 fully saturated rings. The smallest absolute Gasteiger partial charge is 0.180 e. The number of thioether (sulfide) groups is 1. The van der Waals surface area contributed by atoms with Crippen molar-refractivity contribution in [1.29, 1.82) is 0 Å². The maximum atomic E-state index is 4.38. The number of fused-ring (bicyclic) bond motifs is 1. The second kappa shape index (κ2) is 6.07. The van der Waals surface area contributed by atoms with Gasteiger partial charge in [-0.1, -0.05) is 6.08 Å². The first kappa shape index (κ1) is 12.4. The Morgan fingerprint density at radius 3 is 3.29 bits per heavy atom. The van der Waals surface area contributed by atoms with E-state index in [0.717, 1.165) is 34.1 Å². The van der Waals surface area contributed by atoms with Crippen LogP contribution in [-0.2, 0) is 0 Å². The molecule has 0 aliphatic rings. The van der Waals surface area contributed by atoms with Crippen LogP contribution in [0.15, 0.2) is 35.8 Å². The molecule has 0 saturated heterocycles. The maximum Gasteiger partial charge on any atom is 0.180 e.